The molecule has 0 amide bonds. The number of aromatic nitrogens is 2. The number of morpholine rings is 1. The maximum Gasteiger partial charge on any atom is 0.204 e. The molecule has 0 aliphatic carbocycles. The number of rotatable bonds is 4. The largest absolute Gasteiger partial charge is 0.490 e. The molecule has 6 heteroatoms. The van der Waals surface area contributed by atoms with Gasteiger partial charge < -0.3 is 19.7 Å². The topological polar surface area (TPSA) is 59.5 Å². The third-order valence-corrected chi connectivity index (χ3v) is 3.20. The van der Waals surface area contributed by atoms with Crippen LogP contribution in [0, 0.1) is 0 Å². The van der Waals surface area contributed by atoms with E-state index in [1.165, 1.54) is 0 Å². The van der Waals surface area contributed by atoms with Gasteiger partial charge in [0.15, 0.2) is 11.6 Å². The van der Waals surface area contributed by atoms with E-state index >= 15 is 0 Å². The lowest BCUT2D eigenvalue weighted by Gasteiger charge is -2.42. The van der Waals surface area contributed by atoms with Crippen LogP contribution in [-0.4, -0.2) is 48.4 Å². The monoisotopic (exact) mass is 280 g/mol. The second-order valence-electron chi connectivity index (χ2n) is 5.68. The first-order valence-corrected chi connectivity index (χ1v) is 7.02. The Bertz CT molecular complexity index is 464. The predicted octanol–water partition coefficient (Wildman–Crippen LogP) is 1.92. The molecule has 1 N–H and O–H groups in total. The van der Waals surface area contributed by atoms with Gasteiger partial charge in [0.25, 0.3) is 0 Å². The van der Waals surface area contributed by atoms with Gasteiger partial charge in [0.05, 0.1) is 18.8 Å². The minimum Gasteiger partial charge on any atom is -0.490 e. The summed E-state index contributed by atoms with van der Waals surface area (Å²) in [4.78, 5) is 10.9. The molecule has 0 aromatic carbocycles. The van der Waals surface area contributed by atoms with E-state index in [4.69, 9.17) is 9.47 Å². The number of nitrogens with zero attached hydrogens (tertiary/aromatic N) is 3. The van der Waals surface area contributed by atoms with E-state index in [1.54, 1.807) is 13.4 Å². The molecule has 1 aromatic heterocycles. The smallest absolute Gasteiger partial charge is 0.204 e. The number of methoxy groups -OCH3 is 1. The lowest BCUT2D eigenvalue weighted by atomic mass is 10.1. The predicted molar refractivity (Wildman–Crippen MR) is 79.6 cm³/mol. The average Bonchev–Trinajstić information content (AvgIpc) is 2.36. The summed E-state index contributed by atoms with van der Waals surface area (Å²) in [5.74, 6) is 2.25. The second-order valence-corrected chi connectivity index (χ2v) is 5.68. The Morgan fingerprint density at radius 3 is 2.85 bits per heavy atom. The molecule has 2 heterocycles. The normalized spacial score (nSPS) is 21.6. The SMILES string of the molecule is CCNc1ncnc(N2CC(C)OC(C)(C)C2)c1OC. The molecule has 20 heavy (non-hydrogen) atoms. The van der Waals surface area contributed by atoms with E-state index < -0.39 is 0 Å². The van der Waals surface area contributed by atoms with Crippen molar-refractivity contribution >= 4 is 11.6 Å². The fourth-order valence-electron chi connectivity index (χ4n) is 2.69. The number of hydrogen-bond donors (Lipinski definition) is 1. The molecule has 0 radical (unpaired) electrons. The van der Waals surface area contributed by atoms with Gasteiger partial charge in [-0.3, -0.25) is 0 Å². The highest BCUT2D eigenvalue weighted by Gasteiger charge is 2.33. The summed E-state index contributed by atoms with van der Waals surface area (Å²) >= 11 is 0. The highest BCUT2D eigenvalue weighted by Crippen LogP contribution is 2.34. The van der Waals surface area contributed by atoms with E-state index in [-0.39, 0.29) is 11.7 Å². The Kier molecular flexibility index (Phi) is 4.32. The molecule has 0 saturated carbocycles. The second kappa shape index (κ2) is 5.83. The van der Waals surface area contributed by atoms with Crippen molar-refractivity contribution in [3.05, 3.63) is 6.33 Å². The van der Waals surface area contributed by atoms with Gasteiger partial charge >= 0.3 is 0 Å². The Labute approximate surface area is 120 Å². The van der Waals surface area contributed by atoms with E-state index in [9.17, 15) is 0 Å². The number of ether oxygens (including phenoxy) is 2. The molecule has 1 saturated heterocycles. The molecule has 1 aliphatic heterocycles. The molecule has 1 aliphatic rings. The maximum absolute atomic E-state index is 5.94. The van der Waals surface area contributed by atoms with Crippen molar-refractivity contribution in [2.45, 2.75) is 39.4 Å². The average molecular weight is 280 g/mol. The van der Waals surface area contributed by atoms with Crippen LogP contribution >= 0.6 is 0 Å². The van der Waals surface area contributed by atoms with Gasteiger partial charge in [-0.25, -0.2) is 9.97 Å². The highest BCUT2D eigenvalue weighted by molar-refractivity contribution is 5.65. The van der Waals surface area contributed by atoms with Crippen LogP contribution in [0.4, 0.5) is 11.6 Å². The standard InChI is InChI=1S/C14H24N4O2/c1-6-15-12-11(19-5)13(17-9-16-12)18-7-10(2)20-14(3,4)8-18/h9-10H,6-8H2,1-5H3,(H,15,16,17). The highest BCUT2D eigenvalue weighted by atomic mass is 16.5. The first-order valence-electron chi connectivity index (χ1n) is 7.02. The Morgan fingerprint density at radius 2 is 2.25 bits per heavy atom. The summed E-state index contributed by atoms with van der Waals surface area (Å²) in [5.41, 5.74) is -0.202. The zero-order chi connectivity index (χ0) is 14.8. The van der Waals surface area contributed by atoms with E-state index in [0.717, 1.165) is 31.3 Å². The fraction of sp³-hybridized carbons (Fsp3) is 0.714. The van der Waals surface area contributed by atoms with E-state index in [2.05, 4.69) is 41.0 Å². The Hall–Kier alpha value is -1.56. The minimum atomic E-state index is -0.202. The van der Waals surface area contributed by atoms with Gasteiger partial charge in [-0.15, -0.1) is 0 Å². The van der Waals surface area contributed by atoms with Gasteiger partial charge in [-0.05, 0) is 27.7 Å². The Morgan fingerprint density at radius 1 is 1.50 bits per heavy atom. The quantitative estimate of drug-likeness (QED) is 0.909. The number of nitrogens with one attached hydrogen (secondary N) is 1. The molecular weight excluding hydrogens is 256 g/mol. The molecular formula is C14H24N4O2. The van der Waals surface area contributed by atoms with E-state index in [1.807, 2.05) is 6.92 Å². The Balaban J connectivity index is 2.34. The van der Waals surface area contributed by atoms with Crippen molar-refractivity contribution < 1.29 is 9.47 Å². The summed E-state index contributed by atoms with van der Waals surface area (Å²) in [7, 11) is 1.65. The van der Waals surface area contributed by atoms with Crippen molar-refractivity contribution in [3.8, 4) is 5.75 Å². The molecule has 1 aromatic rings. The molecule has 1 unspecified atom stereocenters. The lowest BCUT2D eigenvalue weighted by molar-refractivity contribution is -0.0752. The van der Waals surface area contributed by atoms with Crippen LogP contribution in [-0.2, 0) is 4.74 Å². The molecule has 2 rings (SSSR count). The van der Waals surface area contributed by atoms with Crippen LogP contribution < -0.4 is 15.0 Å². The lowest BCUT2D eigenvalue weighted by Crippen LogP contribution is -2.52. The zero-order valence-corrected chi connectivity index (χ0v) is 12.9. The summed E-state index contributed by atoms with van der Waals surface area (Å²) in [6, 6.07) is 0. The number of hydrogen-bond acceptors (Lipinski definition) is 6. The van der Waals surface area contributed by atoms with Crippen LogP contribution in [0.3, 0.4) is 0 Å². The summed E-state index contributed by atoms with van der Waals surface area (Å²) < 4.78 is 11.5. The van der Waals surface area contributed by atoms with Crippen LogP contribution in [0.2, 0.25) is 0 Å². The van der Waals surface area contributed by atoms with E-state index in [0.29, 0.717) is 5.75 Å². The van der Waals surface area contributed by atoms with Gasteiger partial charge in [0.2, 0.25) is 5.75 Å². The van der Waals surface area contributed by atoms with Gasteiger partial charge in [-0.1, -0.05) is 0 Å². The third kappa shape index (κ3) is 3.12. The van der Waals surface area contributed by atoms with Crippen molar-refractivity contribution in [1.82, 2.24) is 9.97 Å². The summed E-state index contributed by atoms with van der Waals surface area (Å²) in [5, 5.41) is 3.20. The summed E-state index contributed by atoms with van der Waals surface area (Å²) in [6.07, 6.45) is 1.73. The van der Waals surface area contributed by atoms with Gasteiger partial charge in [-0.2, -0.15) is 0 Å². The third-order valence-electron chi connectivity index (χ3n) is 3.20. The fourth-order valence-corrected chi connectivity index (χ4v) is 2.69. The van der Waals surface area contributed by atoms with Crippen LogP contribution in [0.5, 0.6) is 5.75 Å². The molecule has 112 valence electrons. The van der Waals surface area contributed by atoms with Crippen molar-refractivity contribution in [1.29, 1.82) is 0 Å². The molecule has 0 spiro atoms. The molecule has 1 atom stereocenters. The molecule has 6 nitrogen and oxygen atoms in total. The maximum atomic E-state index is 5.94. The minimum absolute atomic E-state index is 0.154. The molecule has 1 fully saturated rings. The first-order chi connectivity index (χ1) is 9.46. The van der Waals surface area contributed by atoms with Gasteiger partial charge in [0, 0.05) is 19.6 Å². The van der Waals surface area contributed by atoms with Crippen LogP contribution in [0.1, 0.15) is 27.7 Å². The summed E-state index contributed by atoms with van der Waals surface area (Å²) in [6.45, 7) is 10.6. The van der Waals surface area contributed by atoms with Crippen molar-refractivity contribution in [2.75, 3.05) is 37.0 Å². The van der Waals surface area contributed by atoms with Crippen molar-refractivity contribution in [2.24, 2.45) is 0 Å². The van der Waals surface area contributed by atoms with Gasteiger partial charge in [0.1, 0.15) is 6.33 Å². The van der Waals surface area contributed by atoms with Crippen molar-refractivity contribution in [3.63, 3.8) is 0 Å². The molecule has 0 bridgehead atoms. The van der Waals surface area contributed by atoms with Crippen LogP contribution in [0.15, 0.2) is 6.33 Å². The number of anilines is 2. The first kappa shape index (κ1) is 14.8. The van der Waals surface area contributed by atoms with Crippen LogP contribution in [0.25, 0.3) is 0 Å². The zero-order valence-electron chi connectivity index (χ0n) is 12.9.